The Hall–Kier alpha value is -3.68. The van der Waals surface area contributed by atoms with Gasteiger partial charge in [-0.15, -0.1) is 23.1 Å². The number of carbonyl (C=O) groups is 4. The maximum Gasteiger partial charge on any atom is 0.355 e. The Morgan fingerprint density at radius 2 is 1.94 bits per heavy atom. The number of primary amides is 1. The summed E-state index contributed by atoms with van der Waals surface area (Å²) in [5, 5.41) is 7.76. The summed E-state index contributed by atoms with van der Waals surface area (Å²) in [6, 6.07) is 6.18. The number of nitrogens with zero attached hydrogens (tertiary/aromatic N) is 4. The standard InChI is InChI=1S/C30H37N7O7S2.HI/c1-5-37(2,14-22(31)38)13-7-6-8-19-16-45-28-24(34-26(39)23(35-43-4)21-17-46-30(32)33-21)27(40)36(28)25(19)29(41)44-15-18-9-11-20(42-3)12-10-18;/h6-7,9-12,17,24,28H,5,8,13-16H2,1-4H3,(H4-,31,32,33,34,38,39);1H/b7-6-,35-23-;/t24-,28-,37?;/m1./s1. The molecule has 0 aliphatic carbocycles. The molecule has 0 radical (unpaired) electrons. The number of thioether (sulfide) groups is 1. The molecule has 1 saturated heterocycles. The van der Waals surface area contributed by atoms with Gasteiger partial charge in [0.25, 0.3) is 17.7 Å². The molecule has 254 valence electrons. The molecule has 2 aliphatic rings. The highest BCUT2D eigenvalue weighted by Gasteiger charge is 2.54. The van der Waals surface area contributed by atoms with E-state index < -0.39 is 29.2 Å². The number of likely N-dealkylation sites (N-methyl/N-ethyl adjacent to an activating group) is 1. The highest BCUT2D eigenvalue weighted by Crippen LogP contribution is 2.41. The van der Waals surface area contributed by atoms with E-state index in [4.69, 9.17) is 25.8 Å². The average Bonchev–Trinajstić information content (AvgIpc) is 3.48. The van der Waals surface area contributed by atoms with Crippen LogP contribution in [-0.4, -0.2) is 102 Å². The number of anilines is 1. The number of hydrogen-bond acceptors (Lipinski definition) is 12. The van der Waals surface area contributed by atoms with Crippen LogP contribution in [0.15, 0.2) is 58.2 Å². The minimum atomic E-state index is -0.923. The number of quaternary nitrogens is 1. The lowest BCUT2D eigenvalue weighted by Gasteiger charge is -2.49. The number of methoxy groups -OCH3 is 1. The van der Waals surface area contributed by atoms with Gasteiger partial charge in [-0.3, -0.25) is 19.3 Å². The molecule has 2 aliphatic heterocycles. The number of rotatable bonds is 15. The van der Waals surface area contributed by atoms with Crippen molar-refractivity contribution in [1.82, 2.24) is 15.2 Å². The van der Waals surface area contributed by atoms with Gasteiger partial charge in [-0.2, -0.15) is 0 Å². The monoisotopic (exact) mass is 799 g/mol. The van der Waals surface area contributed by atoms with Crippen molar-refractivity contribution in [2.75, 3.05) is 52.4 Å². The van der Waals surface area contributed by atoms with E-state index >= 15 is 0 Å². The van der Waals surface area contributed by atoms with Crippen LogP contribution in [0.5, 0.6) is 5.75 Å². The summed E-state index contributed by atoms with van der Waals surface area (Å²) in [5.74, 6) is -1.07. The summed E-state index contributed by atoms with van der Waals surface area (Å²) in [5.41, 5.74) is 12.8. The summed E-state index contributed by atoms with van der Waals surface area (Å²) in [6.07, 6.45) is 4.24. The number of fused-ring (bicyclic) bond motifs is 1. The first-order valence-corrected chi connectivity index (χ1v) is 16.3. The van der Waals surface area contributed by atoms with Crippen LogP contribution in [0.1, 0.15) is 24.6 Å². The first-order chi connectivity index (χ1) is 22.0. The van der Waals surface area contributed by atoms with E-state index in [1.54, 1.807) is 36.8 Å². The molecular weight excluding hydrogens is 761 g/mol. The number of oxime groups is 1. The molecule has 1 aromatic heterocycles. The number of nitrogens with two attached hydrogens (primary N) is 2. The number of hydrogen-bond donors (Lipinski definition) is 3. The van der Waals surface area contributed by atoms with Crippen LogP contribution < -0.4 is 45.5 Å². The molecule has 0 bridgehead atoms. The molecule has 3 atom stereocenters. The van der Waals surface area contributed by atoms with E-state index in [1.165, 1.54) is 23.8 Å². The molecule has 2 aromatic rings. The third-order valence-electron chi connectivity index (χ3n) is 7.60. The van der Waals surface area contributed by atoms with Crippen molar-refractivity contribution in [3.05, 3.63) is 64.3 Å². The Balaban J connectivity index is 0.00000600. The summed E-state index contributed by atoms with van der Waals surface area (Å²) in [6.45, 7) is 3.44. The second kappa shape index (κ2) is 16.9. The summed E-state index contributed by atoms with van der Waals surface area (Å²) < 4.78 is 11.3. The van der Waals surface area contributed by atoms with Crippen molar-refractivity contribution >= 4 is 57.6 Å². The highest BCUT2D eigenvalue weighted by molar-refractivity contribution is 8.00. The fraction of sp³-hybridized carbons (Fsp3) is 0.400. The first kappa shape index (κ1) is 37.8. The van der Waals surface area contributed by atoms with E-state index in [0.29, 0.717) is 41.1 Å². The molecule has 1 fully saturated rings. The average molecular weight is 800 g/mol. The largest absolute Gasteiger partial charge is 1.00 e. The van der Waals surface area contributed by atoms with E-state index in [2.05, 4.69) is 15.5 Å². The molecule has 0 saturated carbocycles. The van der Waals surface area contributed by atoms with Gasteiger partial charge in [-0.25, -0.2) is 9.78 Å². The predicted molar refractivity (Wildman–Crippen MR) is 174 cm³/mol. The van der Waals surface area contributed by atoms with Crippen molar-refractivity contribution < 1.29 is 61.9 Å². The number of halogens is 1. The number of nitrogens with one attached hydrogen (secondary N) is 1. The molecule has 14 nitrogen and oxygen atoms in total. The zero-order chi connectivity index (χ0) is 33.4. The fourth-order valence-corrected chi connectivity index (χ4v) is 6.81. The third kappa shape index (κ3) is 9.23. The highest BCUT2D eigenvalue weighted by atomic mass is 127. The van der Waals surface area contributed by atoms with Crippen LogP contribution in [0.3, 0.4) is 0 Å². The van der Waals surface area contributed by atoms with Gasteiger partial charge in [-0.05, 0) is 42.7 Å². The van der Waals surface area contributed by atoms with E-state index in [9.17, 15) is 19.2 Å². The minimum absolute atomic E-state index is 0. The SMILES string of the molecule is CC[N+](C)(C/C=C\CC1=C(C(=O)OCc2ccc(OC)cc2)N2C(=O)[C@@H](NC(=O)/C(=N\OC)c3csc(N)n3)[C@H]2SC1)CC(N)=O.[I-]. The van der Waals surface area contributed by atoms with E-state index in [-0.39, 0.29) is 65.3 Å². The van der Waals surface area contributed by atoms with Gasteiger partial charge < -0.3 is 59.6 Å². The van der Waals surface area contributed by atoms with Crippen LogP contribution in [0, 0.1) is 0 Å². The Bertz CT molecular complexity index is 1560. The lowest BCUT2D eigenvalue weighted by atomic mass is 10.0. The molecule has 47 heavy (non-hydrogen) atoms. The summed E-state index contributed by atoms with van der Waals surface area (Å²) >= 11 is 2.56. The lowest BCUT2D eigenvalue weighted by molar-refractivity contribution is -0.894. The van der Waals surface area contributed by atoms with E-state index in [0.717, 1.165) is 16.9 Å². The molecule has 0 spiro atoms. The van der Waals surface area contributed by atoms with Crippen LogP contribution in [0.4, 0.5) is 5.13 Å². The number of β-lactam (4-membered cyclic amide) rings is 1. The number of thiazole rings is 1. The molecular formula is C30H38IN7O7S2. The number of benzene rings is 1. The van der Waals surface area contributed by atoms with Crippen LogP contribution in [0.25, 0.3) is 0 Å². The minimum Gasteiger partial charge on any atom is -1.00 e. The van der Waals surface area contributed by atoms with Crippen molar-refractivity contribution in [3.63, 3.8) is 0 Å². The van der Waals surface area contributed by atoms with Crippen LogP contribution >= 0.6 is 23.1 Å². The maximum atomic E-state index is 13.6. The molecule has 1 aromatic carbocycles. The quantitative estimate of drug-likeness (QED) is 0.0360. The number of ether oxygens (including phenoxy) is 2. The van der Waals surface area contributed by atoms with Crippen LogP contribution in [0.2, 0.25) is 0 Å². The van der Waals surface area contributed by atoms with Crippen molar-refractivity contribution in [2.45, 2.75) is 31.4 Å². The molecule has 5 N–H and O–H groups in total. The predicted octanol–water partition coefficient (Wildman–Crippen LogP) is -1.62. The molecule has 3 heterocycles. The number of esters is 1. The Morgan fingerprint density at radius 1 is 1.21 bits per heavy atom. The molecule has 17 heteroatoms. The van der Waals surface area contributed by atoms with Gasteiger partial charge in [0.15, 0.2) is 17.4 Å². The first-order valence-electron chi connectivity index (χ1n) is 14.4. The van der Waals surface area contributed by atoms with Gasteiger partial charge in [0.05, 0.1) is 27.2 Å². The number of amides is 3. The summed E-state index contributed by atoms with van der Waals surface area (Å²) in [7, 11) is 4.80. The molecule has 3 amide bonds. The summed E-state index contributed by atoms with van der Waals surface area (Å²) in [4.78, 5) is 62.1. The van der Waals surface area contributed by atoms with E-state index in [1.807, 2.05) is 26.1 Å². The second-order valence-electron chi connectivity index (χ2n) is 10.8. The van der Waals surface area contributed by atoms with Crippen molar-refractivity contribution in [3.8, 4) is 5.75 Å². The lowest BCUT2D eigenvalue weighted by Crippen LogP contribution is -3.00. The smallest absolute Gasteiger partial charge is 0.355 e. The number of nitrogen functional groups attached to an aromatic ring is 1. The number of aromatic nitrogens is 1. The Morgan fingerprint density at radius 3 is 2.53 bits per heavy atom. The van der Waals surface area contributed by atoms with Gasteiger partial charge in [-0.1, -0.05) is 23.4 Å². The van der Waals surface area contributed by atoms with Crippen LogP contribution in [-0.2, 0) is 35.4 Å². The topological polar surface area (TPSA) is 189 Å². The molecule has 1 unspecified atom stereocenters. The van der Waals surface area contributed by atoms with Crippen molar-refractivity contribution in [2.24, 2.45) is 10.9 Å². The maximum absolute atomic E-state index is 13.6. The fourth-order valence-electron chi connectivity index (χ4n) is 4.91. The number of allylic oxidation sites excluding steroid dienone is 1. The zero-order valence-electron chi connectivity index (χ0n) is 26.4. The van der Waals surface area contributed by atoms with Gasteiger partial charge in [0, 0.05) is 11.1 Å². The molecule has 4 rings (SSSR count). The van der Waals surface area contributed by atoms with Gasteiger partial charge in [0.1, 0.15) is 42.3 Å². The third-order valence-corrected chi connectivity index (χ3v) is 9.61. The van der Waals surface area contributed by atoms with Crippen molar-refractivity contribution in [1.29, 1.82) is 0 Å². The number of carbonyl (C=O) groups excluding carboxylic acids is 4. The Kier molecular flexibility index (Phi) is 13.6. The van der Waals surface area contributed by atoms with Gasteiger partial charge in [0.2, 0.25) is 0 Å². The second-order valence-corrected chi connectivity index (χ2v) is 12.8. The normalized spacial score (nSPS) is 18.9. The van der Waals surface area contributed by atoms with Gasteiger partial charge >= 0.3 is 5.97 Å². The zero-order valence-corrected chi connectivity index (χ0v) is 30.2. The Labute approximate surface area is 298 Å².